The molecule has 3 rings (SSSR count). The van der Waals surface area contributed by atoms with Crippen molar-refractivity contribution < 1.29 is 18.0 Å². The topological polar surface area (TPSA) is 32.3 Å². The molecule has 1 aliphatic heterocycles. The van der Waals surface area contributed by atoms with Crippen LogP contribution in [0.25, 0.3) is 0 Å². The Morgan fingerprint density at radius 3 is 2.40 bits per heavy atom. The maximum Gasteiger partial charge on any atom is 0.416 e. The third-order valence-electron chi connectivity index (χ3n) is 5.30. The Labute approximate surface area is 146 Å². The number of likely N-dealkylation sites (tertiary alicyclic amines) is 1. The van der Waals surface area contributed by atoms with Gasteiger partial charge in [0.2, 0.25) is 5.91 Å². The van der Waals surface area contributed by atoms with E-state index >= 15 is 0 Å². The number of nitrogens with zero attached hydrogens (tertiary/aromatic N) is 1. The zero-order valence-electron chi connectivity index (χ0n) is 14.3. The molecule has 138 valence electrons. The Balaban J connectivity index is 1.50. The van der Waals surface area contributed by atoms with Crippen molar-refractivity contribution in [2.24, 2.45) is 0 Å². The van der Waals surface area contributed by atoms with Gasteiger partial charge in [-0.25, -0.2) is 0 Å². The normalized spacial score (nSPS) is 22.9. The maximum atomic E-state index is 12.6. The fourth-order valence-corrected chi connectivity index (χ4v) is 4.00. The molecule has 1 unspecified atom stereocenters. The molecule has 1 aromatic rings. The van der Waals surface area contributed by atoms with Crippen molar-refractivity contribution in [2.45, 2.75) is 63.2 Å². The summed E-state index contributed by atoms with van der Waals surface area (Å²) in [7, 11) is 0. The Morgan fingerprint density at radius 1 is 1.08 bits per heavy atom. The number of nitrogens with one attached hydrogen (secondary N) is 1. The van der Waals surface area contributed by atoms with E-state index in [9.17, 15) is 18.0 Å². The van der Waals surface area contributed by atoms with E-state index in [0.29, 0.717) is 11.6 Å². The number of piperidine rings is 1. The summed E-state index contributed by atoms with van der Waals surface area (Å²) in [5.41, 5.74) is -0.0786. The lowest BCUT2D eigenvalue weighted by atomic mass is 10.0. The number of hydrogen-bond acceptors (Lipinski definition) is 2. The lowest BCUT2D eigenvalue weighted by Gasteiger charge is -2.37. The number of carbonyl (C=O) groups is 1. The predicted octanol–water partition coefficient (Wildman–Crippen LogP) is 3.77. The molecule has 1 saturated carbocycles. The number of rotatable bonds is 4. The van der Waals surface area contributed by atoms with E-state index in [2.05, 4.69) is 10.2 Å². The Bertz CT molecular complexity index is 579. The van der Waals surface area contributed by atoms with Gasteiger partial charge in [0.1, 0.15) is 0 Å². The molecular formula is C19H25F3N2O. The van der Waals surface area contributed by atoms with Gasteiger partial charge in [-0.15, -0.1) is 0 Å². The highest BCUT2D eigenvalue weighted by atomic mass is 19.4. The highest BCUT2D eigenvalue weighted by Crippen LogP contribution is 2.29. The second kappa shape index (κ2) is 7.77. The van der Waals surface area contributed by atoms with Crippen molar-refractivity contribution in [3.8, 4) is 0 Å². The number of carbonyl (C=O) groups excluding carboxylic acids is 1. The number of alkyl halides is 3. The largest absolute Gasteiger partial charge is 0.416 e. The molecule has 6 heteroatoms. The van der Waals surface area contributed by atoms with Crippen LogP contribution in [0.5, 0.6) is 0 Å². The Morgan fingerprint density at radius 2 is 1.76 bits per heavy atom. The first kappa shape index (κ1) is 18.2. The van der Waals surface area contributed by atoms with Gasteiger partial charge in [0, 0.05) is 18.6 Å². The monoisotopic (exact) mass is 354 g/mol. The minimum absolute atomic E-state index is 0.113. The molecule has 25 heavy (non-hydrogen) atoms. The lowest BCUT2D eigenvalue weighted by molar-refractivity contribution is -0.137. The molecule has 2 aliphatic rings. The van der Waals surface area contributed by atoms with Crippen molar-refractivity contribution in [1.82, 2.24) is 10.2 Å². The van der Waals surface area contributed by atoms with E-state index in [1.807, 2.05) is 0 Å². The van der Waals surface area contributed by atoms with Gasteiger partial charge < -0.3 is 5.32 Å². The van der Waals surface area contributed by atoms with Gasteiger partial charge >= 0.3 is 6.18 Å². The van der Waals surface area contributed by atoms with Crippen LogP contribution in [-0.4, -0.2) is 36.0 Å². The molecule has 0 radical (unpaired) electrons. The van der Waals surface area contributed by atoms with Gasteiger partial charge in [-0.2, -0.15) is 13.2 Å². The minimum Gasteiger partial charge on any atom is -0.352 e. The van der Waals surface area contributed by atoms with Crippen LogP contribution in [-0.2, 0) is 17.4 Å². The number of halogens is 3. The standard InChI is InChI=1S/C19H25F3N2O/c20-19(21,22)15-9-7-14(8-10-15)12-18(25)23-16-4-3-11-24(13-16)17-5-1-2-6-17/h7-10,16-17H,1-6,11-13H2,(H,23,25). The predicted molar refractivity (Wildman–Crippen MR) is 90.1 cm³/mol. The third-order valence-corrected chi connectivity index (χ3v) is 5.30. The molecule has 1 heterocycles. The fourth-order valence-electron chi connectivity index (χ4n) is 4.00. The van der Waals surface area contributed by atoms with E-state index < -0.39 is 11.7 Å². The van der Waals surface area contributed by atoms with Gasteiger partial charge in [-0.05, 0) is 49.9 Å². The van der Waals surface area contributed by atoms with Crippen LogP contribution < -0.4 is 5.32 Å². The summed E-state index contributed by atoms with van der Waals surface area (Å²) in [6.45, 7) is 2.00. The maximum absolute atomic E-state index is 12.6. The van der Waals surface area contributed by atoms with Gasteiger partial charge in [0.25, 0.3) is 0 Å². The summed E-state index contributed by atoms with van der Waals surface area (Å²) in [6.07, 6.45) is 2.95. The summed E-state index contributed by atoms with van der Waals surface area (Å²) in [6, 6.07) is 5.64. The quantitative estimate of drug-likeness (QED) is 0.893. The number of benzene rings is 1. The van der Waals surface area contributed by atoms with Crippen LogP contribution in [0, 0.1) is 0 Å². The smallest absolute Gasteiger partial charge is 0.352 e. The van der Waals surface area contributed by atoms with E-state index in [4.69, 9.17) is 0 Å². The molecule has 2 fully saturated rings. The minimum atomic E-state index is -4.34. The van der Waals surface area contributed by atoms with Crippen LogP contribution in [0.4, 0.5) is 13.2 Å². The molecule has 0 aromatic heterocycles. The molecule has 0 spiro atoms. The molecule has 0 bridgehead atoms. The second-order valence-electron chi connectivity index (χ2n) is 7.21. The first-order valence-electron chi connectivity index (χ1n) is 9.11. The van der Waals surface area contributed by atoms with Crippen molar-refractivity contribution >= 4 is 5.91 Å². The van der Waals surface area contributed by atoms with Crippen LogP contribution in [0.2, 0.25) is 0 Å². The van der Waals surface area contributed by atoms with Crippen molar-refractivity contribution in [3.63, 3.8) is 0 Å². The van der Waals surface area contributed by atoms with Crippen LogP contribution in [0.1, 0.15) is 49.7 Å². The molecular weight excluding hydrogens is 329 g/mol. The first-order valence-corrected chi connectivity index (χ1v) is 9.11. The van der Waals surface area contributed by atoms with Crippen LogP contribution in [0.3, 0.4) is 0 Å². The van der Waals surface area contributed by atoms with Gasteiger partial charge in [0.05, 0.1) is 12.0 Å². The molecule has 1 atom stereocenters. The van der Waals surface area contributed by atoms with Crippen molar-refractivity contribution in [2.75, 3.05) is 13.1 Å². The Kier molecular flexibility index (Phi) is 5.67. The van der Waals surface area contributed by atoms with E-state index in [1.54, 1.807) is 0 Å². The van der Waals surface area contributed by atoms with Crippen molar-refractivity contribution in [1.29, 1.82) is 0 Å². The highest BCUT2D eigenvalue weighted by molar-refractivity contribution is 5.78. The molecule has 1 saturated heterocycles. The second-order valence-corrected chi connectivity index (χ2v) is 7.21. The highest BCUT2D eigenvalue weighted by Gasteiger charge is 2.30. The van der Waals surface area contributed by atoms with Gasteiger partial charge in [-0.3, -0.25) is 9.69 Å². The van der Waals surface area contributed by atoms with Gasteiger partial charge in [-0.1, -0.05) is 25.0 Å². The molecule has 1 aliphatic carbocycles. The zero-order chi connectivity index (χ0) is 17.9. The average Bonchev–Trinajstić information content (AvgIpc) is 3.09. The summed E-state index contributed by atoms with van der Waals surface area (Å²) in [4.78, 5) is 14.7. The summed E-state index contributed by atoms with van der Waals surface area (Å²) in [5.74, 6) is -0.113. The van der Waals surface area contributed by atoms with Gasteiger partial charge in [0.15, 0.2) is 0 Å². The number of amides is 1. The van der Waals surface area contributed by atoms with E-state index in [0.717, 1.165) is 38.1 Å². The van der Waals surface area contributed by atoms with E-state index in [-0.39, 0.29) is 18.4 Å². The molecule has 3 nitrogen and oxygen atoms in total. The molecule has 1 amide bonds. The fraction of sp³-hybridized carbons (Fsp3) is 0.632. The zero-order valence-corrected chi connectivity index (χ0v) is 14.3. The lowest BCUT2D eigenvalue weighted by Crippen LogP contribution is -2.50. The Hall–Kier alpha value is -1.56. The molecule has 1 aromatic carbocycles. The first-order chi connectivity index (χ1) is 11.9. The SMILES string of the molecule is O=C(Cc1ccc(C(F)(F)F)cc1)NC1CCCN(C2CCCC2)C1. The molecule has 1 N–H and O–H groups in total. The summed E-state index contributed by atoms with van der Waals surface area (Å²) < 4.78 is 37.7. The van der Waals surface area contributed by atoms with Crippen LogP contribution in [0.15, 0.2) is 24.3 Å². The number of hydrogen-bond donors (Lipinski definition) is 1. The van der Waals surface area contributed by atoms with Crippen LogP contribution >= 0.6 is 0 Å². The van der Waals surface area contributed by atoms with Crippen molar-refractivity contribution in [3.05, 3.63) is 35.4 Å². The summed E-state index contributed by atoms with van der Waals surface area (Å²) >= 11 is 0. The average molecular weight is 354 g/mol. The third kappa shape index (κ3) is 4.97. The summed E-state index contributed by atoms with van der Waals surface area (Å²) in [5, 5.41) is 3.06. The van der Waals surface area contributed by atoms with E-state index in [1.165, 1.54) is 37.8 Å².